The Bertz CT molecular complexity index is 565. The normalized spacial score (nSPS) is 17.8. The van der Waals surface area contributed by atoms with E-state index in [1.54, 1.807) is 7.11 Å². The van der Waals surface area contributed by atoms with Gasteiger partial charge in [-0.25, -0.2) is 13.1 Å². The number of hydrogen-bond acceptors (Lipinski definition) is 4. The van der Waals surface area contributed by atoms with Crippen LogP contribution in [0.3, 0.4) is 0 Å². The highest BCUT2D eigenvalue weighted by atomic mass is 32.2. The van der Waals surface area contributed by atoms with Crippen LogP contribution in [-0.2, 0) is 16.4 Å². The molecule has 1 atom stereocenters. The Morgan fingerprint density at radius 2 is 1.87 bits per heavy atom. The maximum atomic E-state index is 12.1. The maximum absolute atomic E-state index is 12.1. The first-order chi connectivity index (χ1) is 11.0. The Morgan fingerprint density at radius 1 is 1.22 bits per heavy atom. The van der Waals surface area contributed by atoms with Gasteiger partial charge in [-0.05, 0) is 42.9 Å². The van der Waals surface area contributed by atoms with E-state index in [0.717, 1.165) is 37.0 Å². The molecule has 1 aromatic carbocycles. The Hall–Kier alpha value is -1.11. The van der Waals surface area contributed by atoms with Crippen molar-refractivity contribution >= 4 is 10.0 Å². The minimum Gasteiger partial charge on any atom is -0.497 e. The quantitative estimate of drug-likeness (QED) is 0.759. The van der Waals surface area contributed by atoms with E-state index in [2.05, 4.69) is 4.72 Å². The van der Waals surface area contributed by atoms with Crippen LogP contribution in [0.4, 0.5) is 0 Å². The number of aryl methyl sites for hydroxylation is 1. The summed E-state index contributed by atoms with van der Waals surface area (Å²) < 4.78 is 31.8. The summed E-state index contributed by atoms with van der Waals surface area (Å²) in [6.07, 6.45) is 5.34. The topological polar surface area (TPSA) is 75.6 Å². The van der Waals surface area contributed by atoms with E-state index in [0.29, 0.717) is 6.42 Å². The van der Waals surface area contributed by atoms with Crippen LogP contribution in [0.25, 0.3) is 0 Å². The summed E-state index contributed by atoms with van der Waals surface area (Å²) >= 11 is 0. The minimum atomic E-state index is -3.37. The van der Waals surface area contributed by atoms with Gasteiger partial charge in [0.05, 0.1) is 19.0 Å². The van der Waals surface area contributed by atoms with Crippen LogP contribution in [0.2, 0.25) is 0 Å². The van der Waals surface area contributed by atoms with Crippen molar-refractivity contribution in [2.45, 2.75) is 44.6 Å². The number of nitrogens with one attached hydrogen (secondary N) is 1. The zero-order chi connectivity index (χ0) is 16.7. The average Bonchev–Trinajstić information content (AvgIpc) is 2.59. The smallest absolute Gasteiger partial charge is 0.212 e. The number of benzene rings is 1. The number of aliphatic hydroxyl groups is 1. The second kappa shape index (κ2) is 8.66. The molecule has 0 saturated heterocycles. The van der Waals surface area contributed by atoms with Crippen molar-refractivity contribution in [1.29, 1.82) is 0 Å². The molecular weight excluding hydrogens is 314 g/mol. The van der Waals surface area contributed by atoms with Crippen LogP contribution >= 0.6 is 0 Å². The zero-order valence-electron chi connectivity index (χ0n) is 13.7. The van der Waals surface area contributed by atoms with E-state index in [9.17, 15) is 13.5 Å². The second-order valence-corrected chi connectivity index (χ2v) is 8.16. The first kappa shape index (κ1) is 18.2. The molecule has 0 heterocycles. The summed E-state index contributed by atoms with van der Waals surface area (Å²) in [5.74, 6) is 1.01. The van der Waals surface area contributed by atoms with Gasteiger partial charge in [-0.3, -0.25) is 0 Å². The number of hydrogen-bond donors (Lipinski definition) is 2. The van der Waals surface area contributed by atoms with Gasteiger partial charge in [-0.1, -0.05) is 31.4 Å². The molecule has 5 nitrogen and oxygen atoms in total. The number of sulfonamides is 1. The van der Waals surface area contributed by atoms with Gasteiger partial charge >= 0.3 is 0 Å². The molecule has 1 aliphatic rings. The molecule has 0 unspecified atom stereocenters. The molecular formula is C17H27NO4S. The Morgan fingerprint density at radius 3 is 2.48 bits per heavy atom. The molecule has 0 amide bonds. The predicted octanol–water partition coefficient (Wildman–Crippen LogP) is 2.10. The summed E-state index contributed by atoms with van der Waals surface area (Å²) in [5, 5.41) is 10.1. The molecule has 130 valence electrons. The van der Waals surface area contributed by atoms with Gasteiger partial charge < -0.3 is 9.84 Å². The van der Waals surface area contributed by atoms with E-state index in [1.807, 2.05) is 24.3 Å². The highest BCUT2D eigenvalue weighted by molar-refractivity contribution is 7.89. The zero-order valence-corrected chi connectivity index (χ0v) is 14.5. The second-order valence-electron chi connectivity index (χ2n) is 6.23. The highest BCUT2D eigenvalue weighted by Crippen LogP contribution is 2.26. The van der Waals surface area contributed by atoms with Crippen molar-refractivity contribution in [2.24, 2.45) is 5.92 Å². The van der Waals surface area contributed by atoms with Crippen molar-refractivity contribution in [3.05, 3.63) is 29.8 Å². The Balaban J connectivity index is 1.76. The summed E-state index contributed by atoms with van der Waals surface area (Å²) in [6.45, 7) is 0.121. The third kappa shape index (κ3) is 6.12. The standard InChI is InChI=1S/C17H27NO4S/c1-22-16-9-7-14(8-10-16)11-12-23(20,21)18-13-17(19)15-5-3-2-4-6-15/h7-10,15,17-19H,2-6,11-13H2,1H3/t17-/m0/s1. The monoisotopic (exact) mass is 341 g/mol. The van der Waals surface area contributed by atoms with Crippen molar-refractivity contribution < 1.29 is 18.3 Å². The average molecular weight is 341 g/mol. The van der Waals surface area contributed by atoms with E-state index in [1.165, 1.54) is 6.42 Å². The first-order valence-corrected chi connectivity index (χ1v) is 9.94. The summed E-state index contributed by atoms with van der Waals surface area (Å²) in [4.78, 5) is 0. The van der Waals surface area contributed by atoms with Crippen LogP contribution in [0.5, 0.6) is 5.75 Å². The molecule has 0 spiro atoms. The lowest BCUT2D eigenvalue weighted by molar-refractivity contribution is 0.0888. The number of aliphatic hydroxyl groups excluding tert-OH is 1. The van der Waals surface area contributed by atoms with Crippen molar-refractivity contribution in [1.82, 2.24) is 4.72 Å². The number of ether oxygens (including phenoxy) is 1. The summed E-state index contributed by atoms with van der Waals surface area (Å²) in [7, 11) is -1.77. The minimum absolute atomic E-state index is 0.0245. The maximum Gasteiger partial charge on any atom is 0.212 e. The lowest BCUT2D eigenvalue weighted by atomic mass is 9.85. The van der Waals surface area contributed by atoms with Gasteiger partial charge in [-0.2, -0.15) is 0 Å². The fraction of sp³-hybridized carbons (Fsp3) is 0.647. The molecule has 0 bridgehead atoms. The van der Waals surface area contributed by atoms with E-state index >= 15 is 0 Å². The summed E-state index contributed by atoms with van der Waals surface area (Å²) in [5.41, 5.74) is 0.948. The highest BCUT2D eigenvalue weighted by Gasteiger charge is 2.23. The van der Waals surface area contributed by atoms with Crippen LogP contribution in [0.15, 0.2) is 24.3 Å². The van der Waals surface area contributed by atoms with Crippen LogP contribution < -0.4 is 9.46 Å². The number of methoxy groups -OCH3 is 1. The van der Waals surface area contributed by atoms with Crippen molar-refractivity contribution in [3.63, 3.8) is 0 Å². The molecule has 23 heavy (non-hydrogen) atoms. The predicted molar refractivity (Wildman–Crippen MR) is 91.1 cm³/mol. The molecule has 6 heteroatoms. The third-order valence-electron chi connectivity index (χ3n) is 4.52. The van der Waals surface area contributed by atoms with Crippen molar-refractivity contribution in [2.75, 3.05) is 19.4 Å². The summed E-state index contributed by atoms with van der Waals surface area (Å²) in [6, 6.07) is 7.38. The van der Waals surface area contributed by atoms with Gasteiger partial charge in [-0.15, -0.1) is 0 Å². The van der Waals surface area contributed by atoms with Gasteiger partial charge in [0.1, 0.15) is 5.75 Å². The lowest BCUT2D eigenvalue weighted by Gasteiger charge is -2.26. The SMILES string of the molecule is COc1ccc(CCS(=O)(=O)NC[C@H](O)C2CCCCC2)cc1. The molecule has 2 rings (SSSR count). The lowest BCUT2D eigenvalue weighted by Crippen LogP contribution is -2.38. The molecule has 1 fully saturated rings. The van der Waals surface area contributed by atoms with Gasteiger partial charge in [0, 0.05) is 6.54 Å². The Labute approximate surface area is 139 Å². The fourth-order valence-corrected chi connectivity index (χ4v) is 4.09. The van der Waals surface area contributed by atoms with E-state index in [4.69, 9.17) is 4.74 Å². The molecule has 0 aromatic heterocycles. The van der Waals surface area contributed by atoms with E-state index < -0.39 is 16.1 Å². The van der Waals surface area contributed by atoms with Gasteiger partial charge in [0.25, 0.3) is 0 Å². The van der Waals surface area contributed by atoms with Crippen LogP contribution in [0, 0.1) is 5.92 Å². The van der Waals surface area contributed by atoms with E-state index in [-0.39, 0.29) is 18.2 Å². The Kier molecular flexibility index (Phi) is 6.87. The molecule has 1 aromatic rings. The van der Waals surface area contributed by atoms with Crippen LogP contribution in [0.1, 0.15) is 37.7 Å². The van der Waals surface area contributed by atoms with Crippen molar-refractivity contribution in [3.8, 4) is 5.75 Å². The molecule has 0 aliphatic heterocycles. The van der Waals surface area contributed by atoms with Gasteiger partial charge in [0.15, 0.2) is 0 Å². The first-order valence-electron chi connectivity index (χ1n) is 8.28. The fourth-order valence-electron chi connectivity index (χ4n) is 3.01. The van der Waals surface area contributed by atoms with Gasteiger partial charge in [0.2, 0.25) is 10.0 Å². The largest absolute Gasteiger partial charge is 0.497 e. The third-order valence-corrected chi connectivity index (χ3v) is 5.87. The molecule has 0 radical (unpaired) electrons. The molecule has 1 saturated carbocycles. The molecule has 2 N–H and O–H groups in total. The van der Waals surface area contributed by atoms with Crippen LogP contribution in [-0.4, -0.2) is 39.0 Å². The molecule has 1 aliphatic carbocycles. The number of rotatable bonds is 8.